The van der Waals surface area contributed by atoms with Gasteiger partial charge in [0.25, 0.3) is 0 Å². The number of hydrogen-bond donors (Lipinski definition) is 2. The lowest BCUT2D eigenvalue weighted by atomic mass is 9.87. The highest BCUT2D eigenvalue weighted by molar-refractivity contribution is 5.76. The molecule has 3 atom stereocenters. The smallest absolute Gasteiger partial charge is 0.222 e. The van der Waals surface area contributed by atoms with Gasteiger partial charge in [-0.2, -0.15) is 0 Å². The summed E-state index contributed by atoms with van der Waals surface area (Å²) in [5.74, 6) is 0.473. The molecule has 5 heteroatoms. The minimum absolute atomic E-state index is 0.0330. The number of benzene rings is 1. The number of nitrogens with zero attached hydrogens (tertiary/aromatic N) is 1. The molecule has 1 saturated carbocycles. The minimum atomic E-state index is -0.191. The van der Waals surface area contributed by atoms with E-state index in [9.17, 15) is 9.90 Å². The predicted molar refractivity (Wildman–Crippen MR) is 97.1 cm³/mol. The molecule has 5 nitrogen and oxygen atoms in total. The Morgan fingerprint density at radius 2 is 2.12 bits per heavy atom. The fourth-order valence-corrected chi connectivity index (χ4v) is 3.87. The van der Waals surface area contributed by atoms with Gasteiger partial charge in [0.05, 0.1) is 25.2 Å². The number of carbonyl (C=O) groups excluding carboxylic acids is 1. The maximum absolute atomic E-state index is 12.2. The first kappa shape index (κ1) is 18.4. The molecule has 1 aliphatic heterocycles. The zero-order chi connectivity index (χ0) is 17.5. The molecule has 2 fully saturated rings. The summed E-state index contributed by atoms with van der Waals surface area (Å²) in [5, 5.41) is 12.8. The summed E-state index contributed by atoms with van der Waals surface area (Å²) >= 11 is 0. The molecular formula is C20H30N2O3. The maximum atomic E-state index is 12.2. The largest absolute Gasteiger partial charge is 0.393 e. The number of hydrogen-bond acceptors (Lipinski definition) is 4. The van der Waals surface area contributed by atoms with E-state index in [4.69, 9.17) is 4.74 Å². The van der Waals surface area contributed by atoms with Gasteiger partial charge in [-0.15, -0.1) is 0 Å². The third-order valence-corrected chi connectivity index (χ3v) is 5.23. The first-order valence-electron chi connectivity index (χ1n) is 9.51. The molecule has 1 heterocycles. The van der Waals surface area contributed by atoms with Crippen LogP contribution in [0.15, 0.2) is 30.3 Å². The average molecular weight is 346 g/mol. The van der Waals surface area contributed by atoms with Gasteiger partial charge in [0.2, 0.25) is 5.91 Å². The number of carbonyl (C=O) groups is 1. The van der Waals surface area contributed by atoms with Crippen molar-refractivity contribution < 1.29 is 14.6 Å². The third-order valence-electron chi connectivity index (χ3n) is 5.23. The normalized spacial score (nSPS) is 27.8. The van der Waals surface area contributed by atoms with Crippen molar-refractivity contribution in [2.75, 3.05) is 26.2 Å². The predicted octanol–water partition coefficient (Wildman–Crippen LogP) is 1.94. The molecule has 25 heavy (non-hydrogen) atoms. The lowest BCUT2D eigenvalue weighted by Gasteiger charge is -2.33. The van der Waals surface area contributed by atoms with Crippen molar-refractivity contribution in [1.29, 1.82) is 0 Å². The topological polar surface area (TPSA) is 61.8 Å². The second-order valence-corrected chi connectivity index (χ2v) is 7.41. The minimum Gasteiger partial charge on any atom is -0.393 e. The van der Waals surface area contributed by atoms with E-state index in [0.29, 0.717) is 25.5 Å². The highest BCUT2D eigenvalue weighted by atomic mass is 16.5. The Balaban J connectivity index is 1.39. The summed E-state index contributed by atoms with van der Waals surface area (Å²) in [6.45, 7) is 3.97. The molecule has 0 radical (unpaired) electrons. The number of ether oxygens (including phenoxy) is 1. The second-order valence-electron chi connectivity index (χ2n) is 7.41. The van der Waals surface area contributed by atoms with Crippen molar-refractivity contribution >= 4 is 5.91 Å². The van der Waals surface area contributed by atoms with Crippen molar-refractivity contribution in [2.45, 2.75) is 50.9 Å². The fraction of sp³-hybridized carbons (Fsp3) is 0.650. The number of morpholine rings is 1. The van der Waals surface area contributed by atoms with Crippen molar-refractivity contribution in [1.82, 2.24) is 10.2 Å². The zero-order valence-corrected chi connectivity index (χ0v) is 14.9. The van der Waals surface area contributed by atoms with Crippen molar-refractivity contribution in [3.8, 4) is 0 Å². The van der Waals surface area contributed by atoms with Gasteiger partial charge < -0.3 is 15.2 Å². The summed E-state index contributed by atoms with van der Waals surface area (Å²) in [6.07, 6.45) is 4.06. The molecule has 0 bridgehead atoms. The fourth-order valence-electron chi connectivity index (χ4n) is 3.87. The van der Waals surface area contributed by atoms with Crippen LogP contribution in [-0.2, 0) is 16.1 Å². The summed E-state index contributed by atoms with van der Waals surface area (Å²) in [5.41, 5.74) is 1.29. The van der Waals surface area contributed by atoms with Crippen LogP contribution < -0.4 is 5.32 Å². The third kappa shape index (κ3) is 6.10. The van der Waals surface area contributed by atoms with Crippen LogP contribution in [0.4, 0.5) is 0 Å². The number of aliphatic hydroxyl groups is 1. The number of amides is 1. The second kappa shape index (κ2) is 9.32. The van der Waals surface area contributed by atoms with E-state index in [1.54, 1.807) is 0 Å². The Bertz CT molecular complexity index is 537. The Kier molecular flexibility index (Phi) is 6.84. The lowest BCUT2D eigenvalue weighted by Crippen LogP contribution is -2.44. The average Bonchev–Trinajstić information content (AvgIpc) is 2.61. The Morgan fingerprint density at radius 1 is 1.28 bits per heavy atom. The summed E-state index contributed by atoms with van der Waals surface area (Å²) in [6, 6.07) is 10.4. The molecule has 1 saturated heterocycles. The monoisotopic (exact) mass is 346 g/mol. The van der Waals surface area contributed by atoms with Crippen molar-refractivity contribution in [2.24, 2.45) is 5.92 Å². The number of nitrogens with one attached hydrogen (secondary N) is 1. The molecule has 1 aliphatic carbocycles. The van der Waals surface area contributed by atoms with Crippen LogP contribution in [0.1, 0.15) is 37.7 Å². The van der Waals surface area contributed by atoms with Crippen LogP contribution >= 0.6 is 0 Å². The lowest BCUT2D eigenvalue weighted by molar-refractivity contribution is -0.126. The van der Waals surface area contributed by atoms with E-state index in [-0.39, 0.29) is 18.1 Å². The van der Waals surface area contributed by atoms with Crippen molar-refractivity contribution in [3.05, 3.63) is 35.9 Å². The van der Waals surface area contributed by atoms with E-state index < -0.39 is 0 Å². The van der Waals surface area contributed by atoms with Gasteiger partial charge in [0.15, 0.2) is 0 Å². The van der Waals surface area contributed by atoms with E-state index >= 15 is 0 Å². The summed E-state index contributed by atoms with van der Waals surface area (Å²) < 4.78 is 5.78. The molecule has 3 rings (SSSR count). The zero-order valence-electron chi connectivity index (χ0n) is 14.9. The SMILES string of the molecule is O=C(CC1CN(Cc2ccccc2)CCO1)NCC1CCCC(O)C1. The van der Waals surface area contributed by atoms with Gasteiger partial charge in [0, 0.05) is 26.2 Å². The summed E-state index contributed by atoms with van der Waals surface area (Å²) in [4.78, 5) is 14.6. The van der Waals surface area contributed by atoms with Gasteiger partial charge in [0.1, 0.15) is 0 Å². The van der Waals surface area contributed by atoms with Gasteiger partial charge in [-0.05, 0) is 30.7 Å². The van der Waals surface area contributed by atoms with E-state index in [1.165, 1.54) is 5.56 Å². The van der Waals surface area contributed by atoms with Gasteiger partial charge >= 0.3 is 0 Å². The molecule has 1 aromatic carbocycles. The van der Waals surface area contributed by atoms with E-state index in [0.717, 1.165) is 45.3 Å². The summed E-state index contributed by atoms with van der Waals surface area (Å²) in [7, 11) is 0. The van der Waals surface area contributed by atoms with Gasteiger partial charge in [-0.1, -0.05) is 36.8 Å². The highest BCUT2D eigenvalue weighted by Crippen LogP contribution is 2.23. The molecule has 0 spiro atoms. The Hall–Kier alpha value is -1.43. The molecule has 1 aromatic rings. The molecule has 3 unspecified atom stereocenters. The quantitative estimate of drug-likeness (QED) is 0.826. The molecule has 1 amide bonds. The molecule has 0 aromatic heterocycles. The van der Waals surface area contributed by atoms with E-state index in [2.05, 4.69) is 34.5 Å². The van der Waals surface area contributed by atoms with Crippen molar-refractivity contribution in [3.63, 3.8) is 0 Å². The Labute approximate surface area is 150 Å². The van der Waals surface area contributed by atoms with Crippen LogP contribution in [0, 0.1) is 5.92 Å². The van der Waals surface area contributed by atoms with Crippen LogP contribution in [0.5, 0.6) is 0 Å². The van der Waals surface area contributed by atoms with Gasteiger partial charge in [-0.25, -0.2) is 0 Å². The standard InChI is InChI=1S/C20H30N2O3/c23-18-8-4-7-17(11-18)13-21-20(24)12-19-15-22(9-10-25-19)14-16-5-2-1-3-6-16/h1-3,5-6,17-19,23H,4,7-15H2,(H,21,24). The van der Waals surface area contributed by atoms with Crippen LogP contribution in [0.3, 0.4) is 0 Å². The molecular weight excluding hydrogens is 316 g/mol. The van der Waals surface area contributed by atoms with Crippen LogP contribution in [0.2, 0.25) is 0 Å². The molecule has 138 valence electrons. The van der Waals surface area contributed by atoms with E-state index in [1.807, 2.05) is 6.07 Å². The Morgan fingerprint density at radius 3 is 2.92 bits per heavy atom. The number of aliphatic hydroxyl groups excluding tert-OH is 1. The first-order valence-corrected chi connectivity index (χ1v) is 9.51. The first-order chi connectivity index (χ1) is 12.2. The van der Waals surface area contributed by atoms with Crippen LogP contribution in [0.25, 0.3) is 0 Å². The molecule has 2 aliphatic rings. The highest BCUT2D eigenvalue weighted by Gasteiger charge is 2.24. The molecule has 2 N–H and O–H groups in total. The van der Waals surface area contributed by atoms with Crippen LogP contribution in [-0.4, -0.2) is 54.4 Å². The maximum Gasteiger partial charge on any atom is 0.222 e. The number of rotatable bonds is 6. The van der Waals surface area contributed by atoms with Gasteiger partial charge in [-0.3, -0.25) is 9.69 Å².